The molecule has 0 unspecified atom stereocenters. The van der Waals surface area contributed by atoms with Gasteiger partial charge in [-0.3, -0.25) is 0 Å². The van der Waals surface area contributed by atoms with Crippen molar-refractivity contribution in [3.8, 4) is 5.88 Å². The average Bonchev–Trinajstić information content (AvgIpc) is 2.75. The molecule has 0 radical (unpaired) electrons. The Labute approximate surface area is 99.0 Å². The number of pyridine rings is 1. The lowest BCUT2D eigenvalue weighted by Gasteiger charge is -2.03. The number of hydrogen-bond donors (Lipinski definition) is 1. The van der Waals surface area contributed by atoms with Crippen LogP contribution in [-0.4, -0.2) is 22.3 Å². The minimum Gasteiger partial charge on any atom is -0.481 e. The summed E-state index contributed by atoms with van der Waals surface area (Å²) in [5.41, 5.74) is 1.09. The third kappa shape index (κ3) is 3.25. The molecule has 0 fully saturated rings. The lowest BCUT2D eigenvalue weighted by atomic mass is 10.2. The highest BCUT2D eigenvalue weighted by Gasteiger charge is 2.02. The third-order valence-corrected chi connectivity index (χ3v) is 2.18. The van der Waals surface area contributed by atoms with Crippen LogP contribution in [0.3, 0.4) is 0 Å². The van der Waals surface area contributed by atoms with Crippen molar-refractivity contribution < 1.29 is 9.15 Å². The molecule has 2 rings (SSSR count). The van der Waals surface area contributed by atoms with E-state index in [1.54, 1.807) is 20.2 Å². The van der Waals surface area contributed by atoms with Crippen LogP contribution in [0.1, 0.15) is 17.3 Å². The summed E-state index contributed by atoms with van der Waals surface area (Å²) in [5, 5.41) is 10.9. The Morgan fingerprint density at radius 1 is 1.35 bits per heavy atom. The molecule has 2 aromatic rings. The van der Waals surface area contributed by atoms with E-state index in [1.165, 1.54) is 0 Å². The summed E-state index contributed by atoms with van der Waals surface area (Å²) in [7, 11) is 1.60. The molecule has 0 bridgehead atoms. The molecule has 2 heterocycles. The van der Waals surface area contributed by atoms with Gasteiger partial charge in [-0.25, -0.2) is 4.98 Å². The molecule has 0 aliphatic rings. The van der Waals surface area contributed by atoms with E-state index in [0.717, 1.165) is 5.56 Å². The Morgan fingerprint density at radius 3 is 2.94 bits per heavy atom. The molecule has 1 N–H and O–H groups in total. The summed E-state index contributed by atoms with van der Waals surface area (Å²) in [6.07, 6.45) is 1.71. The molecular formula is C11H14N4O2. The number of hydrogen-bond acceptors (Lipinski definition) is 6. The van der Waals surface area contributed by atoms with Crippen LogP contribution in [0, 0.1) is 6.92 Å². The fraction of sp³-hybridized carbons (Fsp3) is 0.364. The fourth-order valence-corrected chi connectivity index (χ4v) is 1.39. The number of aryl methyl sites for hydroxylation is 1. The zero-order chi connectivity index (χ0) is 12.1. The first-order chi connectivity index (χ1) is 8.28. The summed E-state index contributed by atoms with van der Waals surface area (Å²) in [6.45, 7) is 3.01. The van der Waals surface area contributed by atoms with Crippen LogP contribution in [0.4, 0.5) is 0 Å². The van der Waals surface area contributed by atoms with Gasteiger partial charge in [0.25, 0.3) is 0 Å². The van der Waals surface area contributed by atoms with Crippen molar-refractivity contribution in [3.05, 3.63) is 35.7 Å². The lowest BCUT2D eigenvalue weighted by Crippen LogP contribution is -2.13. The van der Waals surface area contributed by atoms with Crippen LogP contribution >= 0.6 is 0 Å². The maximum absolute atomic E-state index is 5.24. The molecule has 0 saturated heterocycles. The van der Waals surface area contributed by atoms with Gasteiger partial charge in [0.2, 0.25) is 17.7 Å². The van der Waals surface area contributed by atoms with Gasteiger partial charge in [-0.05, 0) is 11.6 Å². The van der Waals surface area contributed by atoms with Crippen molar-refractivity contribution in [2.45, 2.75) is 20.0 Å². The number of rotatable bonds is 5. The fourth-order valence-electron chi connectivity index (χ4n) is 1.39. The Kier molecular flexibility index (Phi) is 3.66. The molecule has 0 aromatic carbocycles. The van der Waals surface area contributed by atoms with E-state index >= 15 is 0 Å². The first kappa shape index (κ1) is 11.5. The van der Waals surface area contributed by atoms with E-state index in [2.05, 4.69) is 20.5 Å². The number of nitrogens with zero attached hydrogens (tertiary/aromatic N) is 3. The minimum absolute atomic E-state index is 0.547. The normalized spacial score (nSPS) is 10.5. The van der Waals surface area contributed by atoms with Crippen molar-refractivity contribution >= 4 is 0 Å². The van der Waals surface area contributed by atoms with Crippen LogP contribution < -0.4 is 10.1 Å². The van der Waals surface area contributed by atoms with Crippen LogP contribution in [0.25, 0.3) is 0 Å². The maximum atomic E-state index is 5.24. The number of methoxy groups -OCH3 is 1. The number of ether oxygens (including phenoxy) is 1. The maximum Gasteiger partial charge on any atom is 0.230 e. The zero-order valence-electron chi connectivity index (χ0n) is 9.80. The highest BCUT2D eigenvalue weighted by molar-refractivity contribution is 5.20. The van der Waals surface area contributed by atoms with Gasteiger partial charge < -0.3 is 14.5 Å². The summed E-state index contributed by atoms with van der Waals surface area (Å²) in [5.74, 6) is 1.77. The summed E-state index contributed by atoms with van der Waals surface area (Å²) >= 11 is 0. The van der Waals surface area contributed by atoms with E-state index in [-0.39, 0.29) is 0 Å². The Morgan fingerprint density at radius 2 is 2.24 bits per heavy atom. The van der Waals surface area contributed by atoms with Gasteiger partial charge in [0, 0.05) is 25.7 Å². The quantitative estimate of drug-likeness (QED) is 0.834. The van der Waals surface area contributed by atoms with Gasteiger partial charge >= 0.3 is 0 Å². The van der Waals surface area contributed by atoms with Crippen molar-refractivity contribution in [3.63, 3.8) is 0 Å². The molecule has 17 heavy (non-hydrogen) atoms. The van der Waals surface area contributed by atoms with Crippen LogP contribution in [0.2, 0.25) is 0 Å². The first-order valence-electron chi connectivity index (χ1n) is 5.26. The first-order valence-corrected chi connectivity index (χ1v) is 5.26. The third-order valence-electron chi connectivity index (χ3n) is 2.18. The molecular weight excluding hydrogens is 220 g/mol. The monoisotopic (exact) mass is 234 g/mol. The molecule has 0 aliphatic heterocycles. The van der Waals surface area contributed by atoms with E-state index in [9.17, 15) is 0 Å². The van der Waals surface area contributed by atoms with Crippen LogP contribution in [0.15, 0.2) is 22.7 Å². The topological polar surface area (TPSA) is 73.1 Å². The van der Waals surface area contributed by atoms with E-state index < -0.39 is 0 Å². The molecule has 6 nitrogen and oxygen atoms in total. The van der Waals surface area contributed by atoms with Gasteiger partial charge in [0.15, 0.2) is 0 Å². The molecule has 0 aliphatic carbocycles. The molecule has 6 heteroatoms. The molecule has 2 aromatic heterocycles. The van der Waals surface area contributed by atoms with E-state index in [1.807, 2.05) is 12.1 Å². The second kappa shape index (κ2) is 5.40. The highest BCUT2D eigenvalue weighted by atomic mass is 16.5. The molecule has 0 saturated carbocycles. The Bertz CT molecular complexity index is 484. The van der Waals surface area contributed by atoms with Gasteiger partial charge in [0.1, 0.15) is 0 Å². The van der Waals surface area contributed by atoms with Gasteiger partial charge in [-0.15, -0.1) is 10.2 Å². The van der Waals surface area contributed by atoms with Crippen molar-refractivity contribution in [2.75, 3.05) is 7.11 Å². The predicted octanol–water partition coefficient (Wildman–Crippen LogP) is 1.07. The van der Waals surface area contributed by atoms with Crippen molar-refractivity contribution in [2.24, 2.45) is 0 Å². The smallest absolute Gasteiger partial charge is 0.230 e. The highest BCUT2D eigenvalue weighted by Crippen LogP contribution is 2.08. The number of aromatic nitrogens is 3. The lowest BCUT2D eigenvalue weighted by molar-refractivity contribution is 0.397. The van der Waals surface area contributed by atoms with Crippen LogP contribution in [-0.2, 0) is 13.1 Å². The second-order valence-corrected chi connectivity index (χ2v) is 3.52. The predicted molar refractivity (Wildman–Crippen MR) is 60.4 cm³/mol. The van der Waals surface area contributed by atoms with Crippen LogP contribution in [0.5, 0.6) is 5.88 Å². The molecule has 0 amide bonds. The van der Waals surface area contributed by atoms with Gasteiger partial charge in [0.05, 0.1) is 13.7 Å². The number of nitrogens with one attached hydrogen (secondary N) is 1. The zero-order valence-corrected chi connectivity index (χ0v) is 9.80. The minimum atomic E-state index is 0.547. The van der Waals surface area contributed by atoms with Crippen molar-refractivity contribution in [1.29, 1.82) is 0 Å². The Hall–Kier alpha value is -1.95. The largest absolute Gasteiger partial charge is 0.481 e. The van der Waals surface area contributed by atoms with Gasteiger partial charge in [-0.1, -0.05) is 0 Å². The second-order valence-electron chi connectivity index (χ2n) is 3.52. The molecule has 90 valence electrons. The SMILES string of the molecule is COc1cc(CNCc2nnc(C)o2)ccn1. The standard InChI is InChI=1S/C11H14N4O2/c1-8-14-15-11(17-8)7-12-6-9-3-4-13-10(5-9)16-2/h3-5,12H,6-7H2,1-2H3. The average molecular weight is 234 g/mol. The summed E-state index contributed by atoms with van der Waals surface area (Å²) in [4.78, 5) is 4.04. The van der Waals surface area contributed by atoms with E-state index in [0.29, 0.717) is 30.8 Å². The summed E-state index contributed by atoms with van der Waals surface area (Å²) < 4.78 is 10.3. The van der Waals surface area contributed by atoms with Crippen molar-refractivity contribution in [1.82, 2.24) is 20.5 Å². The van der Waals surface area contributed by atoms with Gasteiger partial charge in [-0.2, -0.15) is 0 Å². The summed E-state index contributed by atoms with van der Waals surface area (Å²) in [6, 6.07) is 3.81. The van der Waals surface area contributed by atoms with E-state index in [4.69, 9.17) is 9.15 Å². The Balaban J connectivity index is 1.85. The molecule has 0 spiro atoms. The molecule has 0 atom stereocenters.